The summed E-state index contributed by atoms with van der Waals surface area (Å²) < 4.78 is 0. The van der Waals surface area contributed by atoms with Gasteiger partial charge in [-0.2, -0.15) is 0 Å². The number of nitrogens with one attached hydrogen (secondary N) is 1. The number of aliphatic hydroxyl groups is 2. The van der Waals surface area contributed by atoms with E-state index < -0.39 is 12.1 Å². The molecule has 0 aliphatic rings. The summed E-state index contributed by atoms with van der Waals surface area (Å²) in [4.78, 5) is 12.5. The summed E-state index contributed by atoms with van der Waals surface area (Å²) in [6, 6.07) is -0.637. The molecule has 0 saturated carbocycles. The van der Waals surface area contributed by atoms with Crippen LogP contribution in [0.3, 0.4) is 0 Å². The van der Waals surface area contributed by atoms with E-state index in [9.17, 15) is 15.0 Å². The van der Waals surface area contributed by atoms with Crippen molar-refractivity contribution >= 4 is 5.91 Å². The Morgan fingerprint density at radius 3 is 1.05 bits per heavy atom. The van der Waals surface area contributed by atoms with Crippen molar-refractivity contribution in [1.82, 2.24) is 5.32 Å². The van der Waals surface area contributed by atoms with Crippen molar-refractivity contribution < 1.29 is 15.0 Å². The number of aliphatic hydroxyl groups excluding tert-OH is 2. The van der Waals surface area contributed by atoms with E-state index in [0.29, 0.717) is 6.42 Å². The highest BCUT2D eigenvalue weighted by molar-refractivity contribution is 5.76. The highest BCUT2D eigenvalue weighted by Crippen LogP contribution is 2.16. The minimum atomic E-state index is -0.852. The summed E-state index contributed by atoms with van der Waals surface area (Å²) in [5, 5.41) is 23.2. The minimum absolute atomic E-state index is 0.0795. The number of hydrogen-bond donors (Lipinski definition) is 3. The standard InChI is InChI=1S/C59H105NO3/c1-3-5-7-9-11-13-15-17-19-21-23-25-27-29-31-32-34-36-38-40-42-44-46-48-50-52-54-58(62)57(56-61)60-59(63)55-53-51-49-47-45-43-41-39-37-35-33-30-28-26-24-22-20-18-16-14-12-10-8-6-4-2/h6,8,12,14,18,20,24,26,30,33,37,39,52,54,57-58,61-62H,3-5,7,9-11,13,15-17,19,21-23,25,27-29,31-32,34-36,38,40-51,53,55-56H2,1-2H3,(H,60,63)/b8-6-,14-12-,20-18-,26-24-,33-30-,39-37-,54-52+. The molecule has 4 heteroatoms. The molecule has 0 aromatic rings. The van der Waals surface area contributed by atoms with E-state index in [1.54, 1.807) is 6.08 Å². The van der Waals surface area contributed by atoms with E-state index in [1.165, 1.54) is 167 Å². The molecule has 63 heavy (non-hydrogen) atoms. The predicted molar refractivity (Wildman–Crippen MR) is 280 cm³/mol. The number of carbonyl (C=O) groups excluding carboxylic acids is 1. The summed E-state index contributed by atoms with van der Waals surface area (Å²) in [5.41, 5.74) is 0. The molecule has 3 N–H and O–H groups in total. The topological polar surface area (TPSA) is 69.6 Å². The molecule has 0 aliphatic carbocycles. The van der Waals surface area contributed by atoms with Crippen molar-refractivity contribution in [2.75, 3.05) is 6.61 Å². The van der Waals surface area contributed by atoms with Gasteiger partial charge in [-0.1, -0.05) is 272 Å². The van der Waals surface area contributed by atoms with Gasteiger partial charge in [0.1, 0.15) is 0 Å². The number of carbonyl (C=O) groups is 1. The van der Waals surface area contributed by atoms with Crippen LogP contribution >= 0.6 is 0 Å². The Morgan fingerprint density at radius 2 is 0.698 bits per heavy atom. The first-order chi connectivity index (χ1) is 31.2. The average molecular weight is 876 g/mol. The molecule has 0 fully saturated rings. The van der Waals surface area contributed by atoms with Gasteiger partial charge in [0, 0.05) is 6.42 Å². The van der Waals surface area contributed by atoms with E-state index in [1.807, 2.05) is 6.08 Å². The van der Waals surface area contributed by atoms with Crippen molar-refractivity contribution in [3.05, 3.63) is 85.1 Å². The van der Waals surface area contributed by atoms with Gasteiger partial charge in [0.25, 0.3) is 0 Å². The van der Waals surface area contributed by atoms with E-state index >= 15 is 0 Å². The Bertz CT molecular complexity index is 1130. The fraction of sp³-hybridized carbons (Fsp3) is 0.746. The van der Waals surface area contributed by atoms with Crippen LogP contribution in [0.4, 0.5) is 0 Å². The molecule has 0 bridgehead atoms. The van der Waals surface area contributed by atoms with Crippen LogP contribution < -0.4 is 5.32 Å². The summed E-state index contributed by atoms with van der Waals surface area (Å²) in [6.07, 6.45) is 78.7. The SMILES string of the molecule is CC/C=C\C/C=C\C/C=C\C/C=C\C/C=C\C/C=C\CCCCCCCCC(=O)NC(CO)C(O)/C=C/CCCCCCCCCCCCCCCCCCCCCCCCCC. The van der Waals surface area contributed by atoms with E-state index in [-0.39, 0.29) is 12.5 Å². The number of allylic oxidation sites excluding steroid dienone is 13. The highest BCUT2D eigenvalue weighted by Gasteiger charge is 2.18. The molecule has 0 saturated heterocycles. The van der Waals surface area contributed by atoms with Crippen LogP contribution in [-0.4, -0.2) is 34.9 Å². The van der Waals surface area contributed by atoms with Crippen LogP contribution in [0.15, 0.2) is 85.1 Å². The van der Waals surface area contributed by atoms with Gasteiger partial charge in [-0.3, -0.25) is 4.79 Å². The second kappa shape index (κ2) is 53.9. The molecule has 0 aromatic carbocycles. The molecule has 0 spiro atoms. The maximum absolute atomic E-state index is 12.5. The summed E-state index contributed by atoms with van der Waals surface area (Å²) in [7, 11) is 0. The monoisotopic (exact) mass is 876 g/mol. The Balaban J connectivity index is 3.58. The molecule has 0 aromatic heterocycles. The normalized spacial score (nSPS) is 13.5. The maximum Gasteiger partial charge on any atom is 0.220 e. The lowest BCUT2D eigenvalue weighted by molar-refractivity contribution is -0.123. The Kier molecular flexibility index (Phi) is 51.8. The van der Waals surface area contributed by atoms with Gasteiger partial charge < -0.3 is 15.5 Å². The highest BCUT2D eigenvalue weighted by atomic mass is 16.3. The van der Waals surface area contributed by atoms with Gasteiger partial charge in [0.15, 0.2) is 0 Å². The van der Waals surface area contributed by atoms with Crippen LogP contribution in [0.2, 0.25) is 0 Å². The molecule has 364 valence electrons. The lowest BCUT2D eigenvalue weighted by Crippen LogP contribution is -2.45. The number of rotatable bonds is 49. The third kappa shape index (κ3) is 50.4. The lowest BCUT2D eigenvalue weighted by Gasteiger charge is -2.20. The number of unbranched alkanes of at least 4 members (excludes halogenated alkanes) is 30. The average Bonchev–Trinajstić information content (AvgIpc) is 3.29. The Hall–Kier alpha value is -2.43. The largest absolute Gasteiger partial charge is 0.394 e. The summed E-state index contributed by atoms with van der Waals surface area (Å²) in [6.45, 7) is 4.20. The van der Waals surface area contributed by atoms with E-state index in [4.69, 9.17) is 0 Å². The van der Waals surface area contributed by atoms with Gasteiger partial charge in [0.05, 0.1) is 18.8 Å². The van der Waals surface area contributed by atoms with Crippen molar-refractivity contribution in [2.45, 2.75) is 276 Å². The lowest BCUT2D eigenvalue weighted by atomic mass is 10.0. The van der Waals surface area contributed by atoms with Crippen LogP contribution in [0.5, 0.6) is 0 Å². The quantitative estimate of drug-likeness (QED) is 0.0421. The number of amides is 1. The molecular formula is C59H105NO3. The second-order valence-corrected chi connectivity index (χ2v) is 18.3. The summed E-state index contributed by atoms with van der Waals surface area (Å²) in [5.74, 6) is -0.0795. The van der Waals surface area contributed by atoms with Crippen molar-refractivity contribution in [3.8, 4) is 0 Å². The zero-order valence-electron chi connectivity index (χ0n) is 41.8. The second-order valence-electron chi connectivity index (χ2n) is 18.3. The zero-order valence-corrected chi connectivity index (χ0v) is 41.8. The molecule has 0 heterocycles. The van der Waals surface area contributed by atoms with Gasteiger partial charge in [-0.05, 0) is 70.6 Å². The molecule has 2 unspecified atom stereocenters. The van der Waals surface area contributed by atoms with Gasteiger partial charge in [-0.15, -0.1) is 0 Å². The Morgan fingerprint density at radius 1 is 0.397 bits per heavy atom. The molecule has 0 radical (unpaired) electrons. The molecule has 4 nitrogen and oxygen atoms in total. The van der Waals surface area contributed by atoms with Gasteiger partial charge in [-0.25, -0.2) is 0 Å². The molecule has 0 aliphatic heterocycles. The molecule has 2 atom stereocenters. The van der Waals surface area contributed by atoms with Gasteiger partial charge in [0.2, 0.25) is 5.91 Å². The maximum atomic E-state index is 12.5. The predicted octanol–water partition coefficient (Wildman–Crippen LogP) is 18.0. The molecule has 1 amide bonds. The molecule has 0 rings (SSSR count). The van der Waals surface area contributed by atoms with Crippen molar-refractivity contribution in [1.29, 1.82) is 0 Å². The van der Waals surface area contributed by atoms with Gasteiger partial charge >= 0.3 is 0 Å². The first-order valence-electron chi connectivity index (χ1n) is 27.3. The number of hydrogen-bond acceptors (Lipinski definition) is 3. The Labute approximate surface area is 392 Å². The zero-order chi connectivity index (χ0) is 45.6. The fourth-order valence-corrected chi connectivity index (χ4v) is 8.01. The van der Waals surface area contributed by atoms with Crippen LogP contribution in [0, 0.1) is 0 Å². The minimum Gasteiger partial charge on any atom is -0.394 e. The molecular weight excluding hydrogens is 771 g/mol. The van der Waals surface area contributed by atoms with Crippen molar-refractivity contribution in [3.63, 3.8) is 0 Å². The summed E-state index contributed by atoms with van der Waals surface area (Å²) >= 11 is 0. The van der Waals surface area contributed by atoms with Crippen LogP contribution in [0.1, 0.15) is 264 Å². The van der Waals surface area contributed by atoms with E-state index in [2.05, 4.69) is 92.1 Å². The third-order valence-electron chi connectivity index (χ3n) is 12.1. The van der Waals surface area contributed by atoms with Crippen LogP contribution in [-0.2, 0) is 4.79 Å². The smallest absolute Gasteiger partial charge is 0.220 e. The van der Waals surface area contributed by atoms with Crippen LogP contribution in [0.25, 0.3) is 0 Å². The first-order valence-corrected chi connectivity index (χ1v) is 27.3. The fourth-order valence-electron chi connectivity index (χ4n) is 8.01. The van der Waals surface area contributed by atoms with Crippen molar-refractivity contribution in [2.24, 2.45) is 0 Å². The first kappa shape index (κ1) is 60.6. The third-order valence-corrected chi connectivity index (χ3v) is 12.1. The van der Waals surface area contributed by atoms with E-state index in [0.717, 1.165) is 77.0 Å².